The van der Waals surface area contributed by atoms with Crippen molar-refractivity contribution in [3.8, 4) is 0 Å². The highest BCUT2D eigenvalue weighted by Crippen LogP contribution is 2.18. The summed E-state index contributed by atoms with van der Waals surface area (Å²) in [6.07, 6.45) is 3.65. The lowest BCUT2D eigenvalue weighted by molar-refractivity contribution is -0.116. The SMILES string of the molecule is CCCCN(CC(N)=O)c1ncc(CO)cc1C. The Morgan fingerprint density at radius 1 is 1.56 bits per heavy atom. The molecule has 100 valence electrons. The van der Waals surface area contributed by atoms with Crippen molar-refractivity contribution in [2.24, 2.45) is 5.73 Å². The number of carbonyl (C=O) groups excluding carboxylic acids is 1. The van der Waals surface area contributed by atoms with Gasteiger partial charge in [-0.15, -0.1) is 0 Å². The van der Waals surface area contributed by atoms with Crippen LogP contribution in [-0.4, -0.2) is 29.1 Å². The average molecular weight is 251 g/mol. The molecule has 18 heavy (non-hydrogen) atoms. The van der Waals surface area contributed by atoms with Crippen LogP contribution in [0.15, 0.2) is 12.3 Å². The molecule has 1 rings (SSSR count). The van der Waals surface area contributed by atoms with Gasteiger partial charge in [0.05, 0.1) is 13.2 Å². The number of aliphatic hydroxyl groups is 1. The number of rotatable bonds is 7. The second-order valence-corrected chi connectivity index (χ2v) is 4.38. The summed E-state index contributed by atoms with van der Waals surface area (Å²) in [7, 11) is 0. The number of hydrogen-bond donors (Lipinski definition) is 2. The van der Waals surface area contributed by atoms with Crippen LogP contribution in [0.4, 0.5) is 5.82 Å². The van der Waals surface area contributed by atoms with Gasteiger partial charge in [-0.2, -0.15) is 0 Å². The molecule has 1 amide bonds. The maximum absolute atomic E-state index is 11.1. The monoisotopic (exact) mass is 251 g/mol. The van der Waals surface area contributed by atoms with Crippen LogP contribution < -0.4 is 10.6 Å². The third kappa shape index (κ3) is 4.00. The summed E-state index contributed by atoms with van der Waals surface area (Å²) in [5.41, 5.74) is 6.97. The van der Waals surface area contributed by atoms with Crippen molar-refractivity contribution in [3.05, 3.63) is 23.4 Å². The van der Waals surface area contributed by atoms with E-state index in [9.17, 15) is 4.79 Å². The van der Waals surface area contributed by atoms with E-state index in [1.54, 1.807) is 6.20 Å². The van der Waals surface area contributed by atoms with Crippen molar-refractivity contribution in [1.29, 1.82) is 0 Å². The lowest BCUT2D eigenvalue weighted by Crippen LogP contribution is -2.35. The van der Waals surface area contributed by atoms with E-state index in [-0.39, 0.29) is 19.1 Å². The summed E-state index contributed by atoms with van der Waals surface area (Å²) in [6, 6.07) is 1.88. The molecule has 0 fully saturated rings. The Morgan fingerprint density at radius 3 is 2.78 bits per heavy atom. The minimum atomic E-state index is -0.362. The van der Waals surface area contributed by atoms with Gasteiger partial charge in [-0.25, -0.2) is 4.98 Å². The number of anilines is 1. The fourth-order valence-electron chi connectivity index (χ4n) is 1.84. The van der Waals surface area contributed by atoms with Gasteiger partial charge in [0.1, 0.15) is 5.82 Å². The minimum Gasteiger partial charge on any atom is -0.392 e. The molecule has 0 aliphatic heterocycles. The Bertz CT molecular complexity index is 407. The number of aryl methyl sites for hydroxylation is 1. The molecular weight excluding hydrogens is 230 g/mol. The largest absolute Gasteiger partial charge is 0.392 e. The number of primary amides is 1. The quantitative estimate of drug-likeness (QED) is 0.757. The summed E-state index contributed by atoms with van der Waals surface area (Å²) in [5, 5.41) is 9.05. The first-order valence-corrected chi connectivity index (χ1v) is 6.18. The topological polar surface area (TPSA) is 79.5 Å². The number of carbonyl (C=O) groups is 1. The van der Waals surface area contributed by atoms with Crippen molar-refractivity contribution in [3.63, 3.8) is 0 Å². The molecule has 1 aromatic rings. The first-order valence-electron chi connectivity index (χ1n) is 6.18. The summed E-state index contributed by atoms with van der Waals surface area (Å²) >= 11 is 0. The maximum Gasteiger partial charge on any atom is 0.236 e. The van der Waals surface area contributed by atoms with Crippen LogP contribution in [0.3, 0.4) is 0 Å². The van der Waals surface area contributed by atoms with Crippen molar-refractivity contribution in [1.82, 2.24) is 4.98 Å². The van der Waals surface area contributed by atoms with Gasteiger partial charge in [-0.1, -0.05) is 13.3 Å². The fourth-order valence-corrected chi connectivity index (χ4v) is 1.84. The predicted octanol–water partition coefficient (Wildman–Crippen LogP) is 0.974. The number of nitrogens with zero attached hydrogens (tertiary/aromatic N) is 2. The first kappa shape index (κ1) is 14.4. The molecule has 0 aromatic carbocycles. The number of aromatic nitrogens is 1. The van der Waals surface area contributed by atoms with E-state index < -0.39 is 0 Å². The zero-order chi connectivity index (χ0) is 13.5. The number of aliphatic hydroxyl groups excluding tert-OH is 1. The van der Waals surface area contributed by atoms with Crippen LogP contribution in [0.2, 0.25) is 0 Å². The molecule has 0 radical (unpaired) electrons. The number of amides is 1. The molecule has 0 atom stereocenters. The molecule has 0 bridgehead atoms. The van der Waals surface area contributed by atoms with Crippen LogP contribution in [0.25, 0.3) is 0 Å². The number of pyridine rings is 1. The Labute approximate surface area is 108 Å². The van der Waals surface area contributed by atoms with E-state index in [4.69, 9.17) is 10.8 Å². The molecule has 3 N–H and O–H groups in total. The van der Waals surface area contributed by atoms with E-state index in [1.165, 1.54) is 0 Å². The van der Waals surface area contributed by atoms with Crippen molar-refractivity contribution < 1.29 is 9.90 Å². The minimum absolute atomic E-state index is 0.0289. The van der Waals surface area contributed by atoms with Crippen molar-refractivity contribution >= 4 is 11.7 Å². The molecule has 0 saturated carbocycles. The molecular formula is C13H21N3O2. The van der Waals surface area contributed by atoms with Crippen LogP contribution >= 0.6 is 0 Å². The van der Waals surface area contributed by atoms with Crippen LogP contribution in [0.5, 0.6) is 0 Å². The smallest absolute Gasteiger partial charge is 0.236 e. The van der Waals surface area contributed by atoms with Crippen LogP contribution in [-0.2, 0) is 11.4 Å². The summed E-state index contributed by atoms with van der Waals surface area (Å²) < 4.78 is 0. The molecule has 0 spiro atoms. The highest BCUT2D eigenvalue weighted by molar-refractivity contribution is 5.79. The molecule has 5 heteroatoms. The number of hydrogen-bond acceptors (Lipinski definition) is 4. The average Bonchev–Trinajstić information content (AvgIpc) is 2.34. The Hall–Kier alpha value is -1.62. The van der Waals surface area contributed by atoms with E-state index in [0.29, 0.717) is 0 Å². The van der Waals surface area contributed by atoms with E-state index in [2.05, 4.69) is 11.9 Å². The normalized spacial score (nSPS) is 10.4. The maximum atomic E-state index is 11.1. The predicted molar refractivity (Wildman–Crippen MR) is 71.2 cm³/mol. The Kier molecular flexibility index (Phi) is 5.58. The lowest BCUT2D eigenvalue weighted by Gasteiger charge is -2.23. The van der Waals surface area contributed by atoms with E-state index in [1.807, 2.05) is 17.9 Å². The second-order valence-electron chi connectivity index (χ2n) is 4.38. The van der Waals surface area contributed by atoms with Gasteiger partial charge >= 0.3 is 0 Å². The van der Waals surface area contributed by atoms with Crippen LogP contribution in [0, 0.1) is 6.92 Å². The third-order valence-electron chi connectivity index (χ3n) is 2.72. The molecule has 1 aromatic heterocycles. The molecule has 0 unspecified atom stereocenters. The molecule has 0 saturated heterocycles. The van der Waals surface area contributed by atoms with E-state index in [0.717, 1.165) is 36.3 Å². The molecule has 0 aliphatic carbocycles. The zero-order valence-electron chi connectivity index (χ0n) is 11.0. The van der Waals surface area contributed by atoms with Gasteiger partial charge in [0.15, 0.2) is 0 Å². The van der Waals surface area contributed by atoms with Gasteiger partial charge in [0.2, 0.25) is 5.91 Å². The third-order valence-corrected chi connectivity index (χ3v) is 2.72. The summed E-state index contributed by atoms with van der Waals surface area (Å²) in [6.45, 7) is 4.91. The van der Waals surface area contributed by atoms with Gasteiger partial charge < -0.3 is 15.7 Å². The lowest BCUT2D eigenvalue weighted by atomic mass is 10.2. The molecule has 1 heterocycles. The summed E-state index contributed by atoms with van der Waals surface area (Å²) in [4.78, 5) is 17.3. The van der Waals surface area contributed by atoms with E-state index >= 15 is 0 Å². The number of nitrogens with two attached hydrogens (primary N) is 1. The van der Waals surface area contributed by atoms with Crippen LogP contribution in [0.1, 0.15) is 30.9 Å². The number of unbranched alkanes of at least 4 members (excludes halogenated alkanes) is 1. The Morgan fingerprint density at radius 2 is 2.28 bits per heavy atom. The van der Waals surface area contributed by atoms with Gasteiger partial charge in [-0.3, -0.25) is 4.79 Å². The molecule has 5 nitrogen and oxygen atoms in total. The first-order chi connectivity index (χ1) is 8.58. The van der Waals surface area contributed by atoms with Crippen molar-refractivity contribution in [2.45, 2.75) is 33.3 Å². The Balaban J connectivity index is 2.92. The van der Waals surface area contributed by atoms with Gasteiger partial charge in [0.25, 0.3) is 0 Å². The highest BCUT2D eigenvalue weighted by atomic mass is 16.3. The van der Waals surface area contributed by atoms with Crippen molar-refractivity contribution in [2.75, 3.05) is 18.0 Å². The summed E-state index contributed by atoms with van der Waals surface area (Å²) in [5.74, 6) is 0.401. The van der Waals surface area contributed by atoms with Gasteiger partial charge in [0, 0.05) is 12.7 Å². The second kappa shape index (κ2) is 6.96. The standard InChI is InChI=1S/C13H21N3O2/c1-3-4-5-16(8-12(14)18)13-10(2)6-11(9-17)7-15-13/h6-7,17H,3-5,8-9H2,1-2H3,(H2,14,18). The zero-order valence-corrected chi connectivity index (χ0v) is 11.0. The van der Waals surface area contributed by atoms with Gasteiger partial charge in [-0.05, 0) is 30.5 Å². The fraction of sp³-hybridized carbons (Fsp3) is 0.538. The molecule has 0 aliphatic rings. The highest BCUT2D eigenvalue weighted by Gasteiger charge is 2.13.